The van der Waals surface area contributed by atoms with E-state index in [9.17, 15) is 4.79 Å². The van der Waals surface area contributed by atoms with Crippen LogP contribution >= 0.6 is 11.8 Å². The van der Waals surface area contributed by atoms with Gasteiger partial charge >= 0.3 is 0 Å². The Kier molecular flexibility index (Phi) is 6.28. The first-order valence-corrected chi connectivity index (χ1v) is 7.81. The van der Waals surface area contributed by atoms with Crippen molar-refractivity contribution in [2.75, 3.05) is 45.1 Å². The van der Waals surface area contributed by atoms with E-state index in [0.29, 0.717) is 17.5 Å². The van der Waals surface area contributed by atoms with Gasteiger partial charge in [-0.1, -0.05) is 11.8 Å². The molecule has 7 nitrogen and oxygen atoms in total. The van der Waals surface area contributed by atoms with Gasteiger partial charge in [0, 0.05) is 19.6 Å². The molecule has 20 heavy (non-hydrogen) atoms. The number of aromatic amines is 1. The van der Waals surface area contributed by atoms with E-state index in [-0.39, 0.29) is 5.91 Å². The highest BCUT2D eigenvalue weighted by atomic mass is 32.2. The van der Waals surface area contributed by atoms with Crippen molar-refractivity contribution in [3.8, 4) is 0 Å². The summed E-state index contributed by atoms with van der Waals surface area (Å²) in [5.74, 6) is 1.15. The van der Waals surface area contributed by atoms with E-state index in [2.05, 4.69) is 25.4 Å². The molecule has 0 atom stereocenters. The molecule has 0 radical (unpaired) electrons. The van der Waals surface area contributed by atoms with Crippen molar-refractivity contribution in [2.45, 2.75) is 18.5 Å². The second-order valence-electron chi connectivity index (χ2n) is 4.65. The predicted molar refractivity (Wildman–Crippen MR) is 76.7 cm³/mol. The van der Waals surface area contributed by atoms with E-state index in [1.54, 1.807) is 0 Å². The fourth-order valence-electron chi connectivity index (χ4n) is 1.92. The average molecular weight is 299 g/mol. The lowest BCUT2D eigenvalue weighted by atomic mass is 10.3. The van der Waals surface area contributed by atoms with Crippen molar-refractivity contribution in [3.05, 3.63) is 5.82 Å². The molecule has 0 bridgehead atoms. The number of hydrogen-bond donors (Lipinski definition) is 2. The molecule has 2 N–H and O–H groups in total. The largest absolute Gasteiger partial charge is 0.379 e. The molecular weight excluding hydrogens is 278 g/mol. The Morgan fingerprint density at radius 3 is 3.00 bits per heavy atom. The van der Waals surface area contributed by atoms with Gasteiger partial charge in [-0.2, -0.15) is 0 Å². The molecule has 0 aliphatic carbocycles. The van der Waals surface area contributed by atoms with Gasteiger partial charge in [0.25, 0.3) is 0 Å². The molecule has 1 aromatic heterocycles. The summed E-state index contributed by atoms with van der Waals surface area (Å²) in [5, 5.41) is 10.3. The maximum absolute atomic E-state index is 11.6. The second-order valence-corrected chi connectivity index (χ2v) is 5.59. The third kappa shape index (κ3) is 5.48. The van der Waals surface area contributed by atoms with Gasteiger partial charge < -0.3 is 10.1 Å². The summed E-state index contributed by atoms with van der Waals surface area (Å²) in [6.45, 7) is 7.18. The lowest BCUT2D eigenvalue weighted by Crippen LogP contribution is -2.38. The van der Waals surface area contributed by atoms with Crippen molar-refractivity contribution in [1.29, 1.82) is 0 Å². The standard InChI is InChI=1S/C12H21N5O2S/c1-10-14-12(16-15-10)20-9-11(18)13-3-2-4-17-5-7-19-8-6-17/h2-9H2,1H3,(H,13,18)(H,14,15,16). The summed E-state index contributed by atoms with van der Waals surface area (Å²) >= 11 is 1.34. The summed E-state index contributed by atoms with van der Waals surface area (Å²) in [7, 11) is 0. The van der Waals surface area contributed by atoms with Crippen LogP contribution in [0.5, 0.6) is 0 Å². The highest BCUT2D eigenvalue weighted by Gasteiger charge is 2.10. The quantitative estimate of drug-likeness (QED) is 0.546. The van der Waals surface area contributed by atoms with Crippen molar-refractivity contribution in [3.63, 3.8) is 0 Å². The maximum Gasteiger partial charge on any atom is 0.230 e. The van der Waals surface area contributed by atoms with Crippen LogP contribution in [-0.2, 0) is 9.53 Å². The Balaban J connectivity index is 1.51. The van der Waals surface area contributed by atoms with Crippen molar-refractivity contribution < 1.29 is 9.53 Å². The number of carbonyl (C=O) groups excluding carboxylic acids is 1. The minimum absolute atomic E-state index is 0.0273. The summed E-state index contributed by atoms with van der Waals surface area (Å²) in [5.41, 5.74) is 0. The van der Waals surface area contributed by atoms with Crippen LogP contribution in [0.25, 0.3) is 0 Å². The van der Waals surface area contributed by atoms with Gasteiger partial charge in [-0.15, -0.1) is 5.10 Å². The highest BCUT2D eigenvalue weighted by molar-refractivity contribution is 7.99. The van der Waals surface area contributed by atoms with E-state index in [1.807, 2.05) is 6.92 Å². The summed E-state index contributed by atoms with van der Waals surface area (Å²) in [4.78, 5) is 18.1. The average Bonchev–Trinajstić information content (AvgIpc) is 2.88. The minimum Gasteiger partial charge on any atom is -0.379 e. The maximum atomic E-state index is 11.6. The van der Waals surface area contributed by atoms with E-state index in [1.165, 1.54) is 11.8 Å². The Bertz CT molecular complexity index is 420. The molecule has 1 fully saturated rings. The summed E-state index contributed by atoms with van der Waals surface area (Å²) in [6, 6.07) is 0. The van der Waals surface area contributed by atoms with Crippen LogP contribution in [0.15, 0.2) is 5.16 Å². The van der Waals surface area contributed by atoms with Crippen molar-refractivity contribution in [2.24, 2.45) is 0 Å². The first-order valence-electron chi connectivity index (χ1n) is 6.82. The smallest absolute Gasteiger partial charge is 0.230 e. The molecule has 1 saturated heterocycles. The number of carbonyl (C=O) groups is 1. The first-order chi connectivity index (χ1) is 9.74. The van der Waals surface area contributed by atoms with E-state index in [0.717, 1.165) is 45.1 Å². The Hall–Kier alpha value is -1.12. The molecule has 8 heteroatoms. The van der Waals surface area contributed by atoms with E-state index < -0.39 is 0 Å². The predicted octanol–water partition coefficient (Wildman–Crippen LogP) is 0.0437. The number of hydrogen-bond acceptors (Lipinski definition) is 6. The zero-order chi connectivity index (χ0) is 14.2. The summed E-state index contributed by atoms with van der Waals surface area (Å²) in [6.07, 6.45) is 0.968. The lowest BCUT2D eigenvalue weighted by Gasteiger charge is -2.26. The fourth-order valence-corrected chi connectivity index (χ4v) is 2.60. The molecule has 112 valence electrons. The molecule has 1 aliphatic heterocycles. The number of nitrogens with one attached hydrogen (secondary N) is 2. The van der Waals surface area contributed by atoms with Gasteiger partial charge in [0.2, 0.25) is 11.1 Å². The molecule has 0 spiro atoms. The van der Waals surface area contributed by atoms with Gasteiger partial charge in [-0.05, 0) is 19.9 Å². The second kappa shape index (κ2) is 8.23. The van der Waals surface area contributed by atoms with Crippen LogP contribution in [0.3, 0.4) is 0 Å². The number of thioether (sulfide) groups is 1. The molecule has 1 amide bonds. The molecule has 0 aromatic carbocycles. The first kappa shape index (κ1) is 15.3. The zero-order valence-electron chi connectivity index (χ0n) is 11.7. The topological polar surface area (TPSA) is 83.1 Å². The van der Waals surface area contributed by atoms with Crippen LogP contribution in [0.2, 0.25) is 0 Å². The van der Waals surface area contributed by atoms with Gasteiger partial charge in [0.05, 0.1) is 19.0 Å². The van der Waals surface area contributed by atoms with Crippen LogP contribution in [-0.4, -0.2) is 71.1 Å². The lowest BCUT2D eigenvalue weighted by molar-refractivity contribution is -0.118. The van der Waals surface area contributed by atoms with Gasteiger partial charge in [-0.25, -0.2) is 4.98 Å². The van der Waals surface area contributed by atoms with Crippen LogP contribution < -0.4 is 5.32 Å². The number of rotatable bonds is 7. The number of H-pyrrole nitrogens is 1. The molecular formula is C12H21N5O2S. The van der Waals surface area contributed by atoms with Crippen molar-refractivity contribution >= 4 is 17.7 Å². The number of aryl methyl sites for hydroxylation is 1. The summed E-state index contributed by atoms with van der Waals surface area (Å²) < 4.78 is 5.29. The number of amides is 1. The number of ether oxygens (including phenoxy) is 1. The Morgan fingerprint density at radius 2 is 2.30 bits per heavy atom. The molecule has 1 aromatic rings. The Morgan fingerprint density at radius 1 is 1.50 bits per heavy atom. The molecule has 0 saturated carbocycles. The van der Waals surface area contributed by atoms with E-state index >= 15 is 0 Å². The number of morpholine rings is 1. The van der Waals surface area contributed by atoms with Crippen LogP contribution in [0.4, 0.5) is 0 Å². The Labute approximate surface area is 122 Å². The molecule has 2 rings (SSSR count). The third-order valence-electron chi connectivity index (χ3n) is 2.99. The normalized spacial score (nSPS) is 16.2. The zero-order valence-corrected chi connectivity index (χ0v) is 12.5. The highest BCUT2D eigenvalue weighted by Crippen LogP contribution is 2.10. The number of nitrogens with zero attached hydrogens (tertiary/aromatic N) is 3. The molecule has 0 unspecified atom stereocenters. The van der Waals surface area contributed by atoms with Gasteiger partial charge in [0.1, 0.15) is 5.82 Å². The van der Waals surface area contributed by atoms with Crippen LogP contribution in [0.1, 0.15) is 12.2 Å². The fraction of sp³-hybridized carbons (Fsp3) is 0.750. The minimum atomic E-state index is 0.0273. The van der Waals surface area contributed by atoms with Gasteiger partial charge in [0.15, 0.2) is 0 Å². The SMILES string of the molecule is Cc1nc(SCC(=O)NCCCN2CCOCC2)n[nH]1. The molecule has 1 aliphatic rings. The monoisotopic (exact) mass is 299 g/mol. The molecule has 2 heterocycles. The van der Waals surface area contributed by atoms with E-state index in [4.69, 9.17) is 4.74 Å². The van der Waals surface area contributed by atoms with Crippen molar-refractivity contribution in [1.82, 2.24) is 25.4 Å². The van der Waals surface area contributed by atoms with Crippen LogP contribution in [0, 0.1) is 6.92 Å². The third-order valence-corrected chi connectivity index (χ3v) is 3.83. The number of aromatic nitrogens is 3. The van der Waals surface area contributed by atoms with Gasteiger partial charge in [-0.3, -0.25) is 14.8 Å².